The van der Waals surface area contributed by atoms with Crippen molar-refractivity contribution in [2.24, 2.45) is 0 Å². The van der Waals surface area contributed by atoms with E-state index in [0.717, 1.165) is 26.1 Å². The van der Waals surface area contributed by atoms with Crippen molar-refractivity contribution in [1.82, 2.24) is 5.32 Å². The maximum absolute atomic E-state index is 12.7. The zero-order valence-electron chi connectivity index (χ0n) is 10.0. The summed E-state index contributed by atoms with van der Waals surface area (Å²) < 4.78 is 17.7. The molecule has 16 heavy (non-hydrogen) atoms. The Bertz CT molecular complexity index is 286. The van der Waals surface area contributed by atoms with Crippen LogP contribution >= 0.6 is 0 Å². The molecule has 1 aromatic carbocycles. The van der Waals surface area contributed by atoms with Crippen LogP contribution in [-0.2, 0) is 4.74 Å². The Morgan fingerprint density at radius 3 is 2.62 bits per heavy atom. The van der Waals surface area contributed by atoms with Crippen molar-refractivity contribution in [3.8, 4) is 0 Å². The van der Waals surface area contributed by atoms with Crippen molar-refractivity contribution in [2.45, 2.75) is 19.3 Å². The van der Waals surface area contributed by atoms with Crippen LogP contribution in [0.25, 0.3) is 0 Å². The Kier molecular flexibility index (Phi) is 6.04. The fraction of sp³-hybridized carbons (Fsp3) is 0.538. The van der Waals surface area contributed by atoms with E-state index < -0.39 is 0 Å². The van der Waals surface area contributed by atoms with Gasteiger partial charge in [0.15, 0.2) is 0 Å². The van der Waals surface area contributed by atoms with Crippen molar-refractivity contribution in [2.75, 3.05) is 26.8 Å². The van der Waals surface area contributed by atoms with E-state index in [9.17, 15) is 4.39 Å². The third-order valence-electron chi connectivity index (χ3n) is 2.59. The van der Waals surface area contributed by atoms with Crippen molar-refractivity contribution >= 4 is 0 Å². The molecular weight excluding hydrogens is 205 g/mol. The van der Waals surface area contributed by atoms with Gasteiger partial charge in [0.1, 0.15) is 5.82 Å². The number of ether oxygens (including phenoxy) is 1. The van der Waals surface area contributed by atoms with Gasteiger partial charge >= 0.3 is 0 Å². The van der Waals surface area contributed by atoms with Crippen LogP contribution in [0.1, 0.15) is 24.8 Å². The molecule has 1 aromatic rings. The van der Waals surface area contributed by atoms with Gasteiger partial charge in [-0.25, -0.2) is 4.39 Å². The Morgan fingerprint density at radius 1 is 1.31 bits per heavy atom. The van der Waals surface area contributed by atoms with E-state index in [1.807, 2.05) is 12.1 Å². The summed E-state index contributed by atoms with van der Waals surface area (Å²) in [6, 6.07) is 6.71. The SMILES string of the molecule is COCCCNCC(C)c1ccc(F)cc1. The van der Waals surface area contributed by atoms with E-state index in [-0.39, 0.29) is 5.82 Å². The predicted molar refractivity (Wildman–Crippen MR) is 64.2 cm³/mol. The topological polar surface area (TPSA) is 21.3 Å². The standard InChI is InChI=1S/C13H20FNO/c1-11(10-15-8-3-9-16-2)12-4-6-13(14)7-5-12/h4-7,11,15H,3,8-10H2,1-2H3. The lowest BCUT2D eigenvalue weighted by molar-refractivity contribution is 0.194. The van der Waals surface area contributed by atoms with Gasteiger partial charge in [0.05, 0.1) is 0 Å². The molecule has 3 heteroatoms. The monoisotopic (exact) mass is 225 g/mol. The zero-order chi connectivity index (χ0) is 11.8. The third kappa shape index (κ3) is 4.73. The smallest absolute Gasteiger partial charge is 0.123 e. The average Bonchev–Trinajstić information content (AvgIpc) is 2.29. The Labute approximate surface area is 96.8 Å². The summed E-state index contributed by atoms with van der Waals surface area (Å²) in [4.78, 5) is 0. The number of hydrogen-bond acceptors (Lipinski definition) is 2. The van der Waals surface area contributed by atoms with Crippen LogP contribution < -0.4 is 5.32 Å². The van der Waals surface area contributed by atoms with Gasteiger partial charge in [0.2, 0.25) is 0 Å². The highest BCUT2D eigenvalue weighted by molar-refractivity contribution is 5.20. The first-order valence-corrected chi connectivity index (χ1v) is 5.69. The average molecular weight is 225 g/mol. The van der Waals surface area contributed by atoms with Crippen molar-refractivity contribution in [3.05, 3.63) is 35.6 Å². The van der Waals surface area contributed by atoms with Crippen LogP contribution in [0, 0.1) is 5.82 Å². The minimum atomic E-state index is -0.177. The number of benzene rings is 1. The number of halogens is 1. The van der Waals surface area contributed by atoms with E-state index in [0.29, 0.717) is 5.92 Å². The summed E-state index contributed by atoms with van der Waals surface area (Å²) in [6.07, 6.45) is 1.02. The van der Waals surface area contributed by atoms with Crippen LogP contribution in [-0.4, -0.2) is 26.8 Å². The lowest BCUT2D eigenvalue weighted by Crippen LogP contribution is -2.22. The molecule has 0 radical (unpaired) electrons. The number of methoxy groups -OCH3 is 1. The normalized spacial score (nSPS) is 12.7. The first-order valence-electron chi connectivity index (χ1n) is 5.69. The Morgan fingerprint density at radius 2 is 2.00 bits per heavy atom. The molecule has 1 unspecified atom stereocenters. The minimum Gasteiger partial charge on any atom is -0.385 e. The molecule has 0 aliphatic heterocycles. The summed E-state index contributed by atoms with van der Waals surface area (Å²) in [5.74, 6) is 0.229. The first-order chi connectivity index (χ1) is 7.74. The molecule has 0 saturated heterocycles. The third-order valence-corrected chi connectivity index (χ3v) is 2.59. The largest absolute Gasteiger partial charge is 0.385 e. The molecule has 0 bridgehead atoms. The molecule has 2 nitrogen and oxygen atoms in total. The van der Waals surface area contributed by atoms with Gasteiger partial charge in [-0.05, 0) is 36.6 Å². The van der Waals surface area contributed by atoms with Crippen LogP contribution in [0.5, 0.6) is 0 Å². The molecule has 1 N–H and O–H groups in total. The predicted octanol–water partition coefficient (Wildman–Crippen LogP) is 2.56. The van der Waals surface area contributed by atoms with Crippen molar-refractivity contribution in [3.63, 3.8) is 0 Å². The van der Waals surface area contributed by atoms with Gasteiger partial charge in [0, 0.05) is 20.3 Å². The maximum Gasteiger partial charge on any atom is 0.123 e. The van der Waals surface area contributed by atoms with Crippen molar-refractivity contribution < 1.29 is 9.13 Å². The molecule has 0 amide bonds. The number of nitrogens with one attached hydrogen (secondary N) is 1. The van der Waals surface area contributed by atoms with Crippen LogP contribution in [0.15, 0.2) is 24.3 Å². The molecule has 0 aromatic heterocycles. The molecule has 0 spiro atoms. The molecule has 90 valence electrons. The highest BCUT2D eigenvalue weighted by Crippen LogP contribution is 2.14. The molecule has 0 aliphatic carbocycles. The van der Waals surface area contributed by atoms with Gasteiger partial charge in [-0.1, -0.05) is 19.1 Å². The molecule has 0 saturated carbocycles. The van der Waals surface area contributed by atoms with Gasteiger partial charge in [-0.3, -0.25) is 0 Å². The second kappa shape index (κ2) is 7.36. The first kappa shape index (κ1) is 13.1. The lowest BCUT2D eigenvalue weighted by atomic mass is 10.0. The van der Waals surface area contributed by atoms with Gasteiger partial charge < -0.3 is 10.1 Å². The van der Waals surface area contributed by atoms with Gasteiger partial charge in [0.25, 0.3) is 0 Å². The van der Waals surface area contributed by atoms with E-state index in [2.05, 4.69) is 12.2 Å². The van der Waals surface area contributed by atoms with Crippen LogP contribution in [0.4, 0.5) is 4.39 Å². The summed E-state index contributed by atoms with van der Waals surface area (Å²) >= 11 is 0. The van der Waals surface area contributed by atoms with E-state index >= 15 is 0 Å². The molecule has 0 heterocycles. The van der Waals surface area contributed by atoms with Gasteiger partial charge in [-0.2, -0.15) is 0 Å². The number of rotatable bonds is 7. The van der Waals surface area contributed by atoms with Crippen LogP contribution in [0.2, 0.25) is 0 Å². The summed E-state index contributed by atoms with van der Waals surface area (Å²) in [7, 11) is 1.71. The minimum absolute atomic E-state index is 0.177. The summed E-state index contributed by atoms with van der Waals surface area (Å²) in [5.41, 5.74) is 1.17. The fourth-order valence-corrected chi connectivity index (χ4v) is 1.57. The molecule has 1 rings (SSSR count). The van der Waals surface area contributed by atoms with E-state index in [1.165, 1.54) is 17.7 Å². The zero-order valence-corrected chi connectivity index (χ0v) is 10.0. The van der Waals surface area contributed by atoms with Crippen molar-refractivity contribution in [1.29, 1.82) is 0 Å². The quantitative estimate of drug-likeness (QED) is 0.720. The Hall–Kier alpha value is -0.930. The van der Waals surface area contributed by atoms with E-state index in [4.69, 9.17) is 4.74 Å². The van der Waals surface area contributed by atoms with E-state index in [1.54, 1.807) is 7.11 Å². The highest BCUT2D eigenvalue weighted by atomic mass is 19.1. The Balaban J connectivity index is 2.24. The van der Waals surface area contributed by atoms with Crippen LogP contribution in [0.3, 0.4) is 0 Å². The molecule has 0 aliphatic rings. The molecular formula is C13H20FNO. The lowest BCUT2D eigenvalue weighted by Gasteiger charge is -2.12. The fourth-order valence-electron chi connectivity index (χ4n) is 1.57. The second-order valence-corrected chi connectivity index (χ2v) is 4.00. The maximum atomic E-state index is 12.7. The summed E-state index contributed by atoms with van der Waals surface area (Å²) in [5, 5.41) is 3.36. The summed E-state index contributed by atoms with van der Waals surface area (Å²) in [6.45, 7) is 4.79. The molecule has 0 fully saturated rings. The van der Waals surface area contributed by atoms with Gasteiger partial charge in [-0.15, -0.1) is 0 Å². The highest BCUT2D eigenvalue weighted by Gasteiger charge is 2.04. The molecule has 1 atom stereocenters. The number of hydrogen-bond donors (Lipinski definition) is 1. The second-order valence-electron chi connectivity index (χ2n) is 4.00.